The van der Waals surface area contributed by atoms with E-state index < -0.39 is 88.2 Å². The average molecular weight is 1140 g/mol. The van der Waals surface area contributed by atoms with Crippen molar-refractivity contribution < 1.29 is 33.6 Å². The first-order valence-electron chi connectivity index (χ1n) is 30.2. The van der Waals surface area contributed by atoms with Crippen LogP contribution in [0.5, 0.6) is 0 Å². The van der Waals surface area contributed by atoms with E-state index in [1.165, 1.54) is 0 Å². The standard InChI is InChI=1S/C61H120N10O7.C2H6/c1-39(2)65-45(37-63-57(12,13)14)53(78)66-40(27-30-48(73)42(69-59(18,19)20)31-33-54(3,4)5)47(72)29-28-41(49(74)35-56(9,10)11)67-52(77)44(68-51(76)43(70-60(21,22)23)32-34-55(6,7)8)36-62-50(75)46(71-61(24,25)26)38-64-58(15,16)17;1-2/h39-46,63-65,69-71H,27-38H2,1-26H3,(H,62,75)(H,66,78)(H,67,77)(H,68,76);1-2H3. The van der Waals surface area contributed by atoms with Gasteiger partial charge in [-0.25, -0.2) is 0 Å². The van der Waals surface area contributed by atoms with Gasteiger partial charge in [0.1, 0.15) is 11.8 Å². The summed E-state index contributed by atoms with van der Waals surface area (Å²) < 4.78 is 0. The van der Waals surface area contributed by atoms with Crippen LogP contribution in [0, 0.1) is 16.2 Å². The second-order valence-electron chi connectivity index (χ2n) is 31.3. The second kappa shape index (κ2) is 33.8. The minimum atomic E-state index is -1.33. The van der Waals surface area contributed by atoms with E-state index in [2.05, 4.69) is 94.7 Å². The minimum absolute atomic E-state index is 0.00647. The highest BCUT2D eigenvalue weighted by Gasteiger charge is 2.36. The lowest BCUT2D eigenvalue weighted by Crippen LogP contribution is -2.62. The van der Waals surface area contributed by atoms with E-state index in [1.54, 1.807) is 0 Å². The topological polar surface area (TPSA) is 240 Å². The molecule has 0 rings (SSSR count). The van der Waals surface area contributed by atoms with E-state index in [4.69, 9.17) is 0 Å². The van der Waals surface area contributed by atoms with Gasteiger partial charge in [0, 0.05) is 72.6 Å². The van der Waals surface area contributed by atoms with Crippen molar-refractivity contribution in [3.63, 3.8) is 0 Å². The molecule has 80 heavy (non-hydrogen) atoms. The van der Waals surface area contributed by atoms with Crippen LogP contribution >= 0.6 is 0 Å². The first kappa shape index (κ1) is 78.7. The Balaban J connectivity index is 0. The van der Waals surface area contributed by atoms with Crippen LogP contribution in [0.1, 0.15) is 252 Å². The Hall–Kier alpha value is -3.35. The molecule has 0 saturated carbocycles. The van der Waals surface area contributed by atoms with Crippen molar-refractivity contribution in [3.8, 4) is 0 Å². The molecule has 0 aliphatic heterocycles. The van der Waals surface area contributed by atoms with Crippen molar-refractivity contribution >= 4 is 41.0 Å². The Morgan fingerprint density at radius 2 is 0.675 bits per heavy atom. The summed E-state index contributed by atoms with van der Waals surface area (Å²) in [5.74, 6) is -2.73. The zero-order chi connectivity index (χ0) is 63.2. The van der Waals surface area contributed by atoms with Crippen LogP contribution < -0.4 is 53.2 Å². The number of hydrogen-bond acceptors (Lipinski definition) is 13. The predicted octanol–water partition coefficient (Wildman–Crippen LogP) is 8.35. The molecule has 0 aromatic heterocycles. The molecule has 7 atom stereocenters. The number of amides is 4. The van der Waals surface area contributed by atoms with Crippen LogP contribution in [0.15, 0.2) is 0 Å². The van der Waals surface area contributed by atoms with Gasteiger partial charge < -0.3 is 53.2 Å². The van der Waals surface area contributed by atoms with Crippen LogP contribution in [0.4, 0.5) is 0 Å². The van der Waals surface area contributed by atoms with Crippen molar-refractivity contribution in [2.45, 2.75) is 328 Å². The van der Waals surface area contributed by atoms with E-state index >= 15 is 0 Å². The predicted molar refractivity (Wildman–Crippen MR) is 333 cm³/mol. The Labute approximate surface area is 489 Å². The van der Waals surface area contributed by atoms with Crippen LogP contribution in [0.3, 0.4) is 0 Å². The van der Waals surface area contributed by atoms with Gasteiger partial charge in [-0.2, -0.15) is 0 Å². The second-order valence-corrected chi connectivity index (χ2v) is 31.3. The summed E-state index contributed by atoms with van der Waals surface area (Å²) in [5, 5.41) is 32.2. The number of carbonyl (C=O) groups excluding carboxylic acids is 7. The number of nitrogens with one attached hydrogen (secondary N) is 10. The Morgan fingerprint density at radius 1 is 0.338 bits per heavy atom. The summed E-state index contributed by atoms with van der Waals surface area (Å²) in [6.45, 7) is 56.3. The molecule has 0 aromatic rings. The molecule has 10 N–H and O–H groups in total. The quantitative estimate of drug-likeness (QED) is 0.0305. The highest BCUT2D eigenvalue weighted by atomic mass is 16.2. The van der Waals surface area contributed by atoms with Crippen LogP contribution in [0.2, 0.25) is 0 Å². The molecule has 0 spiro atoms. The molecule has 0 aromatic carbocycles. The molecule has 17 heteroatoms. The zero-order valence-electron chi connectivity index (χ0n) is 56.5. The lowest BCUT2D eigenvalue weighted by Gasteiger charge is -2.32. The molecule has 0 heterocycles. The fraction of sp³-hybridized carbons (Fsp3) is 0.889. The highest BCUT2D eigenvalue weighted by Crippen LogP contribution is 2.25. The van der Waals surface area contributed by atoms with E-state index in [-0.39, 0.29) is 96.8 Å². The van der Waals surface area contributed by atoms with Crippen molar-refractivity contribution in [2.75, 3.05) is 19.6 Å². The summed E-state index contributed by atoms with van der Waals surface area (Å²) >= 11 is 0. The van der Waals surface area contributed by atoms with Gasteiger partial charge in [-0.05, 0) is 159 Å². The van der Waals surface area contributed by atoms with Crippen molar-refractivity contribution in [1.29, 1.82) is 0 Å². The lowest BCUT2D eigenvalue weighted by atomic mass is 9.85. The smallest absolute Gasteiger partial charge is 0.244 e. The van der Waals surface area contributed by atoms with Gasteiger partial charge in [0.05, 0.1) is 36.3 Å². The summed E-state index contributed by atoms with van der Waals surface area (Å²) in [4.78, 5) is 101. The van der Waals surface area contributed by atoms with E-state index in [0.29, 0.717) is 19.3 Å². The van der Waals surface area contributed by atoms with E-state index in [1.807, 2.05) is 152 Å². The number of Topliss-reactive ketones (excluding diaryl/α,β-unsaturated/α-hetero) is 3. The summed E-state index contributed by atoms with van der Waals surface area (Å²) in [6.07, 6.45) is 2.29. The molecular weight excluding hydrogens is 1010 g/mol. The highest BCUT2D eigenvalue weighted by molar-refractivity contribution is 5.96. The molecule has 0 aliphatic carbocycles. The van der Waals surface area contributed by atoms with Crippen LogP contribution in [-0.4, -0.2) is 137 Å². The third kappa shape index (κ3) is 40.8. The van der Waals surface area contributed by atoms with Crippen LogP contribution in [-0.2, 0) is 33.6 Å². The summed E-state index contributed by atoms with van der Waals surface area (Å²) in [7, 11) is 0. The zero-order valence-corrected chi connectivity index (χ0v) is 56.5. The number of carbonyl (C=O) groups is 7. The first-order chi connectivity index (χ1) is 35.8. The van der Waals surface area contributed by atoms with Gasteiger partial charge in [-0.3, -0.25) is 33.6 Å². The molecule has 17 nitrogen and oxygen atoms in total. The monoisotopic (exact) mass is 1130 g/mol. The van der Waals surface area contributed by atoms with Gasteiger partial charge in [-0.1, -0.05) is 90.0 Å². The van der Waals surface area contributed by atoms with Crippen molar-refractivity contribution in [3.05, 3.63) is 0 Å². The van der Waals surface area contributed by atoms with Gasteiger partial charge in [0.15, 0.2) is 11.6 Å². The maximum atomic E-state index is 14.9. The Morgan fingerprint density at radius 3 is 1.06 bits per heavy atom. The third-order valence-electron chi connectivity index (χ3n) is 12.3. The van der Waals surface area contributed by atoms with Crippen LogP contribution in [0.25, 0.3) is 0 Å². The Bertz CT molecular complexity index is 1900. The number of ketones is 3. The normalized spacial score (nSPS) is 15.8. The van der Waals surface area contributed by atoms with E-state index in [0.717, 1.165) is 6.42 Å². The summed E-state index contributed by atoms with van der Waals surface area (Å²) in [6, 6.07) is -6.28. The molecule has 0 aliphatic rings. The maximum Gasteiger partial charge on any atom is 0.244 e. The van der Waals surface area contributed by atoms with Crippen molar-refractivity contribution in [1.82, 2.24) is 53.2 Å². The van der Waals surface area contributed by atoms with Gasteiger partial charge in [0.25, 0.3) is 0 Å². The fourth-order valence-corrected chi connectivity index (χ4v) is 8.51. The van der Waals surface area contributed by atoms with Gasteiger partial charge in [-0.15, -0.1) is 0 Å². The third-order valence-corrected chi connectivity index (χ3v) is 12.3. The Kier molecular flexibility index (Phi) is 33.3. The SMILES string of the molecule is CC.CC(C)NC(CNC(C)(C)C)C(=O)NC(CCC(=O)C(CCC(C)(C)C)NC(C)(C)C)C(=O)CCC(NC(=O)C(CNC(=O)C(CNC(C)(C)C)NC(C)(C)C)NC(=O)C(CCC(C)(C)C)NC(C)(C)C)C(=O)CC(C)(C)C. The maximum absolute atomic E-state index is 14.9. The molecule has 0 bridgehead atoms. The molecule has 4 amide bonds. The van der Waals surface area contributed by atoms with Gasteiger partial charge in [0.2, 0.25) is 23.6 Å². The molecule has 0 radical (unpaired) electrons. The average Bonchev–Trinajstić information content (AvgIpc) is 3.25. The van der Waals surface area contributed by atoms with Gasteiger partial charge >= 0.3 is 0 Å². The molecule has 0 saturated heterocycles. The van der Waals surface area contributed by atoms with E-state index in [9.17, 15) is 33.6 Å². The largest absolute Gasteiger partial charge is 0.352 e. The lowest BCUT2D eigenvalue weighted by molar-refractivity contribution is -0.134. The number of rotatable bonds is 32. The molecule has 470 valence electrons. The minimum Gasteiger partial charge on any atom is -0.352 e. The summed E-state index contributed by atoms with van der Waals surface area (Å²) in [5.41, 5.74) is -2.50. The fourth-order valence-electron chi connectivity index (χ4n) is 8.51. The van der Waals surface area contributed by atoms with Crippen molar-refractivity contribution in [2.24, 2.45) is 16.2 Å². The first-order valence-corrected chi connectivity index (χ1v) is 30.2. The molecular formula is C63H126N10O7. The number of hydrogen-bond donors (Lipinski definition) is 10. The molecule has 7 unspecified atom stereocenters. The molecule has 0 fully saturated rings.